The van der Waals surface area contributed by atoms with Crippen molar-refractivity contribution >= 4 is 12.0 Å². The van der Waals surface area contributed by atoms with Crippen molar-refractivity contribution in [3.05, 3.63) is 76.4 Å². The number of aryl methyl sites for hydroxylation is 2. The molecule has 0 fully saturated rings. The normalized spacial score (nSPS) is 13.0. The van der Waals surface area contributed by atoms with Crippen LogP contribution < -0.4 is 16.4 Å². The van der Waals surface area contributed by atoms with Gasteiger partial charge in [0, 0.05) is 13.0 Å². The van der Waals surface area contributed by atoms with E-state index >= 15 is 0 Å². The van der Waals surface area contributed by atoms with E-state index in [1.54, 1.807) is 32.9 Å². The van der Waals surface area contributed by atoms with Crippen LogP contribution in [0, 0.1) is 13.8 Å². The molecule has 10 heteroatoms. The van der Waals surface area contributed by atoms with E-state index in [0.717, 1.165) is 22.3 Å². The van der Waals surface area contributed by atoms with Crippen LogP contribution in [0.1, 0.15) is 67.2 Å². The fourth-order valence-corrected chi connectivity index (χ4v) is 4.03. The largest absolute Gasteiger partial charge is 0.508 e. The van der Waals surface area contributed by atoms with Gasteiger partial charge in [-0.1, -0.05) is 35.5 Å². The molecule has 0 bridgehead atoms. The van der Waals surface area contributed by atoms with Gasteiger partial charge in [-0.15, -0.1) is 0 Å². The number of rotatable bonds is 10. The van der Waals surface area contributed by atoms with Crippen molar-refractivity contribution in [2.75, 3.05) is 6.54 Å². The van der Waals surface area contributed by atoms with Crippen LogP contribution in [0.2, 0.25) is 0 Å². The summed E-state index contributed by atoms with van der Waals surface area (Å²) in [6.07, 6.45) is 0.477. The Morgan fingerprint density at radius 1 is 1.13 bits per heavy atom. The minimum atomic E-state index is -0.857. The third-order valence-electron chi connectivity index (χ3n) is 5.85. The lowest BCUT2D eigenvalue weighted by Gasteiger charge is -2.21. The van der Waals surface area contributed by atoms with Gasteiger partial charge in [-0.25, -0.2) is 4.79 Å². The number of ether oxygens (including phenoxy) is 1. The first-order valence-electron chi connectivity index (χ1n) is 12.6. The van der Waals surface area contributed by atoms with E-state index < -0.39 is 29.7 Å². The van der Waals surface area contributed by atoms with Gasteiger partial charge in [0.1, 0.15) is 17.4 Å². The van der Waals surface area contributed by atoms with Gasteiger partial charge in [-0.3, -0.25) is 4.79 Å². The predicted octanol–water partition coefficient (Wildman–Crippen LogP) is 3.62. The lowest BCUT2D eigenvalue weighted by Crippen LogP contribution is -2.44. The molecular weight excluding hydrogens is 486 g/mol. The third kappa shape index (κ3) is 8.58. The van der Waals surface area contributed by atoms with E-state index in [0.29, 0.717) is 12.2 Å². The highest BCUT2D eigenvalue weighted by Crippen LogP contribution is 2.22. The van der Waals surface area contributed by atoms with E-state index in [1.807, 2.05) is 44.2 Å². The van der Waals surface area contributed by atoms with Crippen LogP contribution in [0.5, 0.6) is 5.75 Å². The van der Waals surface area contributed by atoms with Crippen molar-refractivity contribution < 1.29 is 24.0 Å². The van der Waals surface area contributed by atoms with Crippen LogP contribution in [0.3, 0.4) is 0 Å². The van der Waals surface area contributed by atoms with E-state index in [9.17, 15) is 14.7 Å². The number of carbonyl (C=O) groups is 2. The number of alkyl carbamates (subject to hydrolysis) is 1. The molecule has 3 rings (SSSR count). The Bertz CT molecular complexity index is 1210. The Morgan fingerprint density at radius 3 is 2.42 bits per heavy atom. The summed E-state index contributed by atoms with van der Waals surface area (Å²) in [7, 11) is 0. The summed E-state index contributed by atoms with van der Waals surface area (Å²) in [5.41, 5.74) is 9.27. The monoisotopic (exact) mass is 523 g/mol. The first-order chi connectivity index (χ1) is 17.9. The van der Waals surface area contributed by atoms with Crippen molar-refractivity contribution in [3.63, 3.8) is 0 Å². The second-order valence-electron chi connectivity index (χ2n) is 10.4. The predicted molar refractivity (Wildman–Crippen MR) is 143 cm³/mol. The fraction of sp³-hybridized carbons (Fsp3) is 0.429. The molecule has 204 valence electrons. The lowest BCUT2D eigenvalue weighted by atomic mass is 9.96. The van der Waals surface area contributed by atoms with Gasteiger partial charge in [0.05, 0.1) is 6.04 Å². The maximum absolute atomic E-state index is 13.1. The number of amides is 2. The zero-order valence-corrected chi connectivity index (χ0v) is 22.6. The second-order valence-corrected chi connectivity index (χ2v) is 10.4. The smallest absolute Gasteiger partial charge is 0.407 e. The second kappa shape index (κ2) is 12.6. The molecule has 0 saturated heterocycles. The molecule has 0 aliphatic rings. The standard InChI is InChI=1S/C28H37N5O5/c1-17-13-20(34)14-18(2)21(17)16-22(29)25(35)31-23(11-12-30-27(36)37-28(3,4)5)26-32-24(33-38-26)15-19-9-7-6-8-10-19/h6-10,13-14,22-23,34H,11-12,15-16,29H2,1-5H3,(H,30,36)(H,31,35)/t22-,23-/m0/s1. The molecule has 38 heavy (non-hydrogen) atoms. The quantitative estimate of drug-likeness (QED) is 0.314. The summed E-state index contributed by atoms with van der Waals surface area (Å²) < 4.78 is 10.8. The maximum Gasteiger partial charge on any atom is 0.407 e. The Labute approximate surface area is 223 Å². The van der Waals surface area contributed by atoms with Gasteiger partial charge >= 0.3 is 6.09 Å². The minimum absolute atomic E-state index is 0.169. The van der Waals surface area contributed by atoms with Crippen LogP contribution in [0.4, 0.5) is 4.79 Å². The summed E-state index contributed by atoms with van der Waals surface area (Å²) in [5.74, 6) is 0.466. The number of nitrogens with two attached hydrogens (primary N) is 1. The number of hydrogen-bond acceptors (Lipinski definition) is 8. The van der Waals surface area contributed by atoms with Gasteiger partial charge < -0.3 is 30.7 Å². The average Bonchev–Trinajstić information content (AvgIpc) is 3.28. The molecule has 2 atom stereocenters. The summed E-state index contributed by atoms with van der Waals surface area (Å²) in [5, 5.41) is 19.5. The molecule has 0 aliphatic heterocycles. The first-order valence-corrected chi connectivity index (χ1v) is 12.6. The number of nitrogens with one attached hydrogen (secondary N) is 2. The molecule has 0 radical (unpaired) electrons. The van der Waals surface area contributed by atoms with Gasteiger partial charge in [0.15, 0.2) is 5.82 Å². The molecule has 0 unspecified atom stereocenters. The molecule has 3 aromatic rings. The first kappa shape index (κ1) is 28.6. The number of phenols is 1. The molecule has 2 aromatic carbocycles. The summed E-state index contributed by atoms with van der Waals surface area (Å²) in [6, 6.07) is 11.5. The molecule has 0 saturated carbocycles. The molecule has 0 spiro atoms. The van der Waals surface area contributed by atoms with Crippen LogP contribution in [0.25, 0.3) is 0 Å². The van der Waals surface area contributed by atoms with E-state index in [4.69, 9.17) is 15.0 Å². The van der Waals surface area contributed by atoms with Crippen molar-refractivity contribution in [1.82, 2.24) is 20.8 Å². The molecule has 2 amide bonds. The van der Waals surface area contributed by atoms with E-state index in [-0.39, 0.29) is 31.0 Å². The summed E-state index contributed by atoms with van der Waals surface area (Å²) in [4.78, 5) is 29.7. The average molecular weight is 524 g/mol. The highest BCUT2D eigenvalue weighted by molar-refractivity contribution is 5.82. The van der Waals surface area contributed by atoms with Gasteiger partial charge in [0.2, 0.25) is 11.8 Å². The molecule has 10 nitrogen and oxygen atoms in total. The highest BCUT2D eigenvalue weighted by atomic mass is 16.6. The van der Waals surface area contributed by atoms with E-state index in [1.165, 1.54) is 0 Å². The molecule has 5 N–H and O–H groups in total. The van der Waals surface area contributed by atoms with Crippen LogP contribution >= 0.6 is 0 Å². The number of carbonyl (C=O) groups excluding carboxylic acids is 2. The van der Waals surface area contributed by atoms with Gasteiger partial charge in [-0.2, -0.15) is 4.98 Å². The van der Waals surface area contributed by atoms with Gasteiger partial charge in [-0.05, 0) is 81.8 Å². The Morgan fingerprint density at radius 2 is 1.79 bits per heavy atom. The Kier molecular flexibility index (Phi) is 9.46. The molecule has 1 aromatic heterocycles. The maximum atomic E-state index is 13.1. The summed E-state index contributed by atoms with van der Waals surface area (Å²) in [6.45, 7) is 9.26. The van der Waals surface area contributed by atoms with Crippen molar-refractivity contribution in [1.29, 1.82) is 0 Å². The number of benzene rings is 2. The van der Waals surface area contributed by atoms with Crippen molar-refractivity contribution in [3.8, 4) is 5.75 Å². The molecule has 1 heterocycles. The minimum Gasteiger partial charge on any atom is -0.508 e. The SMILES string of the molecule is Cc1cc(O)cc(C)c1C[C@H](N)C(=O)N[C@@H](CCNC(=O)OC(C)(C)C)c1nc(Cc2ccccc2)no1. The number of aromatic nitrogens is 2. The molecule has 0 aliphatic carbocycles. The third-order valence-corrected chi connectivity index (χ3v) is 5.85. The topological polar surface area (TPSA) is 153 Å². The summed E-state index contributed by atoms with van der Waals surface area (Å²) >= 11 is 0. The number of aromatic hydroxyl groups is 1. The van der Waals surface area contributed by atoms with Crippen LogP contribution in [0.15, 0.2) is 47.0 Å². The van der Waals surface area contributed by atoms with Crippen LogP contribution in [-0.4, -0.2) is 45.4 Å². The van der Waals surface area contributed by atoms with Crippen LogP contribution in [-0.2, 0) is 22.4 Å². The zero-order valence-electron chi connectivity index (χ0n) is 22.6. The zero-order chi connectivity index (χ0) is 27.9. The van der Waals surface area contributed by atoms with Crippen molar-refractivity contribution in [2.45, 2.75) is 71.6 Å². The molecular formula is C28H37N5O5. The lowest BCUT2D eigenvalue weighted by molar-refractivity contribution is -0.123. The fourth-order valence-electron chi connectivity index (χ4n) is 4.03. The van der Waals surface area contributed by atoms with E-state index in [2.05, 4.69) is 20.8 Å². The number of hydrogen-bond donors (Lipinski definition) is 4. The van der Waals surface area contributed by atoms with Crippen molar-refractivity contribution in [2.24, 2.45) is 5.73 Å². The van der Waals surface area contributed by atoms with Gasteiger partial charge in [0.25, 0.3) is 0 Å². The Hall–Kier alpha value is -3.92. The highest BCUT2D eigenvalue weighted by Gasteiger charge is 2.26. The Balaban J connectivity index is 1.71. The number of phenolic OH excluding ortho intramolecular Hbond substituents is 1. The number of nitrogens with zero attached hydrogens (tertiary/aromatic N) is 2.